The molecule has 0 radical (unpaired) electrons. The summed E-state index contributed by atoms with van der Waals surface area (Å²) in [6.07, 6.45) is 2.69. The van der Waals surface area contributed by atoms with Crippen LogP contribution in [0.3, 0.4) is 0 Å². The number of hydrogen-bond donors (Lipinski definition) is 0. The van der Waals surface area contributed by atoms with Gasteiger partial charge in [0, 0.05) is 28.9 Å². The van der Waals surface area contributed by atoms with Gasteiger partial charge in [0.2, 0.25) is 0 Å². The van der Waals surface area contributed by atoms with Crippen LogP contribution in [-0.4, -0.2) is 10.3 Å². The highest BCUT2D eigenvalue weighted by Crippen LogP contribution is 2.11. The minimum Gasteiger partial charge on any atom is -0.255 e. The van der Waals surface area contributed by atoms with Gasteiger partial charge in [-0.15, -0.1) is 0 Å². The zero-order valence-corrected chi connectivity index (χ0v) is 9.79. The van der Waals surface area contributed by atoms with E-state index < -0.39 is 0 Å². The van der Waals surface area contributed by atoms with Crippen LogP contribution in [0.15, 0.2) is 36.5 Å². The highest BCUT2D eigenvalue weighted by atomic mass is 79.9. The van der Waals surface area contributed by atoms with Crippen molar-refractivity contribution in [1.29, 1.82) is 0 Å². The third-order valence-electron chi connectivity index (χ3n) is 2.04. The number of benzene rings is 1. The minimum atomic E-state index is 0.868. The Balaban J connectivity index is 2.36. The topological polar surface area (TPSA) is 12.9 Å². The third-order valence-corrected chi connectivity index (χ3v) is 2.44. The Kier molecular flexibility index (Phi) is 3.37. The molecule has 1 aromatic heterocycles. The van der Waals surface area contributed by atoms with Crippen molar-refractivity contribution in [3.63, 3.8) is 0 Å². The maximum atomic E-state index is 4.35. The van der Waals surface area contributed by atoms with Crippen LogP contribution in [0, 0.1) is 11.8 Å². The Morgan fingerprint density at radius 1 is 1.27 bits per heavy atom. The minimum absolute atomic E-state index is 0.868. The molecule has 2 rings (SSSR count). The van der Waals surface area contributed by atoms with Gasteiger partial charge >= 0.3 is 0 Å². The Bertz CT molecular complexity index is 523. The zero-order chi connectivity index (χ0) is 10.5. The smallest absolute Gasteiger partial charge is 0.0702 e. The lowest BCUT2D eigenvalue weighted by atomic mass is 10.1. The van der Waals surface area contributed by atoms with Crippen LogP contribution in [0.4, 0.5) is 0 Å². The summed E-state index contributed by atoms with van der Waals surface area (Å²) in [6, 6.07) is 10.1. The van der Waals surface area contributed by atoms with Crippen molar-refractivity contribution in [3.05, 3.63) is 42.1 Å². The van der Waals surface area contributed by atoms with E-state index in [1.807, 2.05) is 24.4 Å². The van der Waals surface area contributed by atoms with Crippen molar-refractivity contribution < 1.29 is 0 Å². The molecule has 0 atom stereocenters. The van der Waals surface area contributed by atoms with Crippen molar-refractivity contribution >= 4 is 26.8 Å². The second kappa shape index (κ2) is 4.95. The van der Waals surface area contributed by atoms with Crippen LogP contribution in [0.5, 0.6) is 0 Å². The van der Waals surface area contributed by atoms with Crippen molar-refractivity contribution in [2.75, 3.05) is 5.33 Å². The molecule has 2 aromatic rings. The van der Waals surface area contributed by atoms with Gasteiger partial charge in [-0.05, 0) is 12.1 Å². The van der Waals surface area contributed by atoms with Gasteiger partial charge in [0.1, 0.15) is 0 Å². The van der Waals surface area contributed by atoms with Crippen molar-refractivity contribution in [2.24, 2.45) is 0 Å². The summed E-state index contributed by atoms with van der Waals surface area (Å²) in [4.78, 5) is 4.35. The van der Waals surface area contributed by atoms with E-state index in [0.29, 0.717) is 0 Å². The van der Waals surface area contributed by atoms with Gasteiger partial charge in [0.25, 0.3) is 0 Å². The molecule has 0 aliphatic carbocycles. The van der Waals surface area contributed by atoms with Gasteiger partial charge in [-0.2, -0.15) is 0 Å². The van der Waals surface area contributed by atoms with Crippen molar-refractivity contribution in [1.82, 2.24) is 4.98 Å². The maximum absolute atomic E-state index is 4.35. The lowest BCUT2D eigenvalue weighted by Crippen LogP contribution is -1.81. The van der Waals surface area contributed by atoms with E-state index in [1.54, 1.807) is 0 Å². The van der Waals surface area contributed by atoms with Gasteiger partial charge in [0.15, 0.2) is 0 Å². The van der Waals surface area contributed by atoms with Gasteiger partial charge in [0.05, 0.1) is 5.52 Å². The van der Waals surface area contributed by atoms with E-state index in [2.05, 4.69) is 44.9 Å². The second-order valence-corrected chi connectivity index (χ2v) is 3.95. The fourth-order valence-corrected chi connectivity index (χ4v) is 1.55. The van der Waals surface area contributed by atoms with Crippen molar-refractivity contribution in [3.8, 4) is 11.8 Å². The van der Waals surface area contributed by atoms with Crippen LogP contribution in [0.2, 0.25) is 0 Å². The van der Waals surface area contributed by atoms with Gasteiger partial charge < -0.3 is 0 Å². The number of aromatic nitrogens is 1. The molecule has 0 bridgehead atoms. The van der Waals surface area contributed by atoms with Crippen LogP contribution in [-0.2, 0) is 0 Å². The fraction of sp³-hybridized carbons (Fsp3) is 0.154. The summed E-state index contributed by atoms with van der Waals surface area (Å²) in [6.45, 7) is 0. The molecule has 0 spiro atoms. The summed E-state index contributed by atoms with van der Waals surface area (Å²) in [7, 11) is 0. The number of alkyl halides is 1. The molecular weight excluding hydrogens is 250 g/mol. The molecule has 0 unspecified atom stereocenters. The molecule has 1 nitrogen and oxygen atoms in total. The highest BCUT2D eigenvalue weighted by Gasteiger charge is 1.93. The molecule has 0 amide bonds. The number of rotatable bonds is 1. The second-order valence-electron chi connectivity index (χ2n) is 3.16. The van der Waals surface area contributed by atoms with E-state index >= 15 is 0 Å². The molecule has 1 heterocycles. The molecule has 0 fully saturated rings. The van der Waals surface area contributed by atoms with Crippen molar-refractivity contribution in [2.45, 2.75) is 6.42 Å². The average molecular weight is 260 g/mol. The molecule has 15 heavy (non-hydrogen) atoms. The number of hydrogen-bond acceptors (Lipinski definition) is 1. The molecule has 0 saturated heterocycles. The molecule has 0 aliphatic heterocycles. The number of fused-ring (bicyclic) bond motifs is 1. The first-order chi connectivity index (χ1) is 7.40. The summed E-state index contributed by atoms with van der Waals surface area (Å²) in [5.74, 6) is 6.17. The third kappa shape index (κ3) is 2.57. The first-order valence-electron chi connectivity index (χ1n) is 4.80. The zero-order valence-electron chi connectivity index (χ0n) is 8.20. The maximum Gasteiger partial charge on any atom is 0.0702 e. The van der Waals surface area contributed by atoms with E-state index in [9.17, 15) is 0 Å². The Labute approximate surface area is 97.7 Å². The van der Waals surface area contributed by atoms with Crippen LogP contribution >= 0.6 is 15.9 Å². The van der Waals surface area contributed by atoms with E-state index in [1.165, 1.54) is 0 Å². The molecule has 74 valence electrons. The van der Waals surface area contributed by atoms with E-state index in [4.69, 9.17) is 0 Å². The summed E-state index contributed by atoms with van der Waals surface area (Å²) in [5.41, 5.74) is 2.00. The standard InChI is InChI=1S/C13H10BrN/c14-8-4-3-5-11-9-12-6-1-2-7-13(12)15-10-11/h1-2,6-7,9-10H,4,8H2. The summed E-state index contributed by atoms with van der Waals surface area (Å²) in [5, 5.41) is 2.06. The van der Waals surface area contributed by atoms with Gasteiger partial charge in [-0.1, -0.05) is 46.0 Å². The normalized spacial score (nSPS) is 9.67. The number of para-hydroxylation sites is 1. The number of nitrogens with zero attached hydrogens (tertiary/aromatic N) is 1. The van der Waals surface area contributed by atoms with Crippen LogP contribution in [0.1, 0.15) is 12.0 Å². The van der Waals surface area contributed by atoms with Crippen LogP contribution < -0.4 is 0 Å². The van der Waals surface area contributed by atoms with Crippen LogP contribution in [0.25, 0.3) is 10.9 Å². The molecule has 0 aliphatic rings. The summed E-state index contributed by atoms with van der Waals surface area (Å²) < 4.78 is 0. The Morgan fingerprint density at radius 3 is 3.00 bits per heavy atom. The average Bonchev–Trinajstić information content (AvgIpc) is 2.29. The first kappa shape index (κ1) is 10.2. The lowest BCUT2D eigenvalue weighted by molar-refractivity contribution is 1.31. The predicted octanol–water partition coefficient (Wildman–Crippen LogP) is 3.37. The van der Waals surface area contributed by atoms with E-state index in [0.717, 1.165) is 28.2 Å². The highest BCUT2D eigenvalue weighted by molar-refractivity contribution is 9.09. The largest absolute Gasteiger partial charge is 0.255 e. The quantitative estimate of drug-likeness (QED) is 0.566. The molecule has 0 N–H and O–H groups in total. The van der Waals surface area contributed by atoms with E-state index in [-0.39, 0.29) is 0 Å². The number of pyridine rings is 1. The fourth-order valence-electron chi connectivity index (χ4n) is 1.35. The molecule has 1 aromatic carbocycles. The Morgan fingerprint density at radius 2 is 2.13 bits per heavy atom. The molecule has 2 heteroatoms. The first-order valence-corrected chi connectivity index (χ1v) is 5.92. The Hall–Kier alpha value is -1.33. The molecular formula is C13H10BrN. The number of halogens is 1. The predicted molar refractivity (Wildman–Crippen MR) is 67.0 cm³/mol. The summed E-state index contributed by atoms with van der Waals surface area (Å²) >= 11 is 3.34. The lowest BCUT2D eigenvalue weighted by Gasteiger charge is -1.96. The monoisotopic (exact) mass is 259 g/mol. The van der Waals surface area contributed by atoms with Gasteiger partial charge in [-0.25, -0.2) is 0 Å². The van der Waals surface area contributed by atoms with Gasteiger partial charge in [-0.3, -0.25) is 4.98 Å². The SMILES string of the molecule is BrCCC#Cc1cnc2ccccc2c1. The molecule has 0 saturated carbocycles.